The Morgan fingerprint density at radius 2 is 1.13 bits per heavy atom. The van der Waals surface area contributed by atoms with Gasteiger partial charge in [-0.3, -0.25) is 9.59 Å². The SMILES string of the molecule is COC(=O)N[C@H](C(=O)N1CCC[C@H]1c1ncc(-c2ccc(-c3ccc(-c4cnc([C@@H]5CCCN5C(=O)[C@@H](NC(=O)OC)C(C)C)[nH]4)c4c3C3CC(C)CC4N3)cc2)[nH]1)C(C)C. The van der Waals surface area contributed by atoms with Gasteiger partial charge in [0.05, 0.1) is 50.1 Å². The van der Waals surface area contributed by atoms with Crippen LogP contribution < -0.4 is 16.0 Å². The summed E-state index contributed by atoms with van der Waals surface area (Å²) in [6, 6.07) is 11.6. The number of aromatic amines is 2. The molecule has 15 nitrogen and oxygen atoms in total. The molecule has 3 fully saturated rings. The Morgan fingerprint density at radius 1 is 0.672 bits per heavy atom. The number of methoxy groups -OCH3 is 2. The highest BCUT2D eigenvalue weighted by Crippen LogP contribution is 2.52. The predicted octanol–water partition coefficient (Wildman–Crippen LogP) is 7.34. The monoisotopic (exact) mass is 833 g/mol. The molecular weight excluding hydrogens is 775 g/mol. The number of imidazole rings is 2. The van der Waals surface area contributed by atoms with Crippen molar-refractivity contribution in [2.75, 3.05) is 27.3 Å². The van der Waals surface area contributed by atoms with Gasteiger partial charge in [-0.05, 0) is 84.1 Å². The minimum atomic E-state index is -0.696. The lowest BCUT2D eigenvalue weighted by atomic mass is 9.88. The van der Waals surface area contributed by atoms with E-state index in [2.05, 4.69) is 69.2 Å². The van der Waals surface area contributed by atoms with Crippen molar-refractivity contribution >= 4 is 24.0 Å². The van der Waals surface area contributed by atoms with E-state index in [0.29, 0.717) is 19.0 Å². The van der Waals surface area contributed by atoms with Gasteiger partial charge in [0, 0.05) is 30.7 Å². The fraction of sp³-hybridized carbons (Fsp3) is 0.522. The third-order valence-electron chi connectivity index (χ3n) is 13.1. The molecule has 6 heterocycles. The maximum atomic E-state index is 13.8. The minimum absolute atomic E-state index is 0.109. The zero-order valence-corrected chi connectivity index (χ0v) is 36.2. The van der Waals surface area contributed by atoms with Gasteiger partial charge in [0.25, 0.3) is 0 Å². The Morgan fingerprint density at radius 3 is 1.64 bits per heavy atom. The van der Waals surface area contributed by atoms with E-state index in [1.54, 1.807) is 0 Å². The lowest BCUT2D eigenvalue weighted by Crippen LogP contribution is -2.51. The molecule has 0 aliphatic carbocycles. The van der Waals surface area contributed by atoms with Crippen LogP contribution in [0.25, 0.3) is 33.6 Å². The second-order valence-electron chi connectivity index (χ2n) is 17.9. The number of carbonyl (C=O) groups excluding carboxylic acids is 4. The summed E-state index contributed by atoms with van der Waals surface area (Å²) in [6.07, 6.45) is 7.85. The molecule has 61 heavy (non-hydrogen) atoms. The van der Waals surface area contributed by atoms with Gasteiger partial charge in [-0.15, -0.1) is 0 Å². The van der Waals surface area contributed by atoms with Crippen LogP contribution in [0.5, 0.6) is 0 Å². The molecule has 8 rings (SSSR count). The molecule has 4 amide bonds. The number of alkyl carbamates (subject to hydrolysis) is 2. The molecule has 2 aromatic carbocycles. The Balaban J connectivity index is 1.04. The van der Waals surface area contributed by atoms with Crippen molar-refractivity contribution < 1.29 is 28.7 Å². The fourth-order valence-corrected chi connectivity index (χ4v) is 10.1. The molecule has 2 aromatic heterocycles. The van der Waals surface area contributed by atoms with Crippen LogP contribution in [0.4, 0.5) is 9.59 Å². The Kier molecular flexibility index (Phi) is 11.9. The van der Waals surface area contributed by atoms with Crippen molar-refractivity contribution in [3.8, 4) is 33.6 Å². The normalized spacial score (nSPS) is 22.9. The van der Waals surface area contributed by atoms with Gasteiger partial charge in [0.2, 0.25) is 11.8 Å². The first-order valence-corrected chi connectivity index (χ1v) is 21.8. The van der Waals surface area contributed by atoms with Crippen molar-refractivity contribution in [1.29, 1.82) is 0 Å². The van der Waals surface area contributed by atoms with Gasteiger partial charge in [0.1, 0.15) is 23.7 Å². The molecule has 3 unspecified atom stereocenters. The molecule has 0 saturated carbocycles. The third-order valence-corrected chi connectivity index (χ3v) is 13.1. The standard InChI is InChI=1S/C46H59N9O6/c1-24(2)39(52-45(58)60-6)43(56)54-18-8-10-35(54)41-47-22-33(50-41)28-14-12-27(13-15-28)29-16-17-30(38-32-21-26(5)20-31(49-32)37(29)38)34-23-48-42(51-34)36-11-9-19-55(36)44(57)40(25(3)4)53-46(59)61-7/h12-17,22-26,31-32,35-36,39-40,49H,8-11,18-21H2,1-7H3,(H,47,50)(H,48,51)(H,52,58)(H,53,59)/t26?,31?,32?,35-,36-,39-,40-/m0/s1. The van der Waals surface area contributed by atoms with E-state index in [4.69, 9.17) is 19.4 Å². The number of aromatic nitrogens is 4. The molecule has 3 saturated heterocycles. The zero-order chi connectivity index (χ0) is 43.1. The molecule has 5 N–H and O–H groups in total. The van der Waals surface area contributed by atoms with Gasteiger partial charge in [0.15, 0.2) is 0 Å². The average molecular weight is 834 g/mol. The number of likely N-dealkylation sites (tertiary alicyclic amines) is 2. The number of nitrogens with zero attached hydrogens (tertiary/aromatic N) is 4. The van der Waals surface area contributed by atoms with E-state index in [1.807, 2.05) is 49.9 Å². The quantitative estimate of drug-likeness (QED) is 0.103. The highest BCUT2D eigenvalue weighted by Gasteiger charge is 2.42. The Bertz CT molecular complexity index is 2270. The fourth-order valence-electron chi connectivity index (χ4n) is 10.1. The topological polar surface area (TPSA) is 187 Å². The van der Waals surface area contributed by atoms with E-state index in [9.17, 15) is 19.2 Å². The van der Waals surface area contributed by atoms with Crippen LogP contribution in [0.15, 0.2) is 48.8 Å². The molecule has 4 aromatic rings. The first-order valence-electron chi connectivity index (χ1n) is 21.8. The summed E-state index contributed by atoms with van der Waals surface area (Å²) in [7, 11) is 2.60. The second kappa shape index (κ2) is 17.3. The van der Waals surface area contributed by atoms with Crippen molar-refractivity contribution in [2.24, 2.45) is 17.8 Å². The summed E-state index contributed by atoms with van der Waals surface area (Å²) in [5, 5.41) is 9.39. The molecule has 4 aliphatic heterocycles. The van der Waals surface area contributed by atoms with Crippen LogP contribution in [-0.2, 0) is 19.1 Å². The van der Waals surface area contributed by atoms with E-state index in [0.717, 1.165) is 78.3 Å². The zero-order valence-electron chi connectivity index (χ0n) is 36.2. The van der Waals surface area contributed by atoms with E-state index >= 15 is 0 Å². The average Bonchev–Trinajstić information content (AvgIpc) is 4.11. The number of nitrogens with one attached hydrogen (secondary N) is 5. The van der Waals surface area contributed by atoms with Gasteiger partial charge < -0.3 is 45.2 Å². The lowest BCUT2D eigenvalue weighted by Gasteiger charge is -2.30. The van der Waals surface area contributed by atoms with Gasteiger partial charge in [-0.1, -0.05) is 71.0 Å². The number of piperidine rings is 1. The number of amides is 4. The van der Waals surface area contributed by atoms with Crippen molar-refractivity contribution in [2.45, 2.75) is 109 Å². The van der Waals surface area contributed by atoms with E-state index < -0.39 is 24.3 Å². The number of carbonyl (C=O) groups is 4. The first kappa shape index (κ1) is 42.0. The molecule has 4 aliphatic rings. The number of hydrogen-bond acceptors (Lipinski definition) is 9. The largest absolute Gasteiger partial charge is 0.453 e. The number of rotatable bonds is 11. The van der Waals surface area contributed by atoms with E-state index in [-0.39, 0.29) is 47.8 Å². The number of ether oxygens (including phenoxy) is 2. The van der Waals surface area contributed by atoms with Crippen LogP contribution >= 0.6 is 0 Å². The Hall–Kier alpha value is -5.70. The molecule has 0 spiro atoms. The molecule has 0 radical (unpaired) electrons. The molecule has 324 valence electrons. The molecule has 15 heteroatoms. The summed E-state index contributed by atoms with van der Waals surface area (Å²) in [4.78, 5) is 72.1. The number of benzene rings is 2. The number of H-pyrrole nitrogens is 2. The summed E-state index contributed by atoms with van der Waals surface area (Å²) in [6.45, 7) is 11.2. The smallest absolute Gasteiger partial charge is 0.407 e. The van der Waals surface area contributed by atoms with Gasteiger partial charge in [-0.25, -0.2) is 19.6 Å². The summed E-state index contributed by atoms with van der Waals surface area (Å²) >= 11 is 0. The minimum Gasteiger partial charge on any atom is -0.453 e. The van der Waals surface area contributed by atoms with Gasteiger partial charge in [-0.2, -0.15) is 0 Å². The van der Waals surface area contributed by atoms with Crippen molar-refractivity contribution in [3.05, 3.63) is 71.6 Å². The van der Waals surface area contributed by atoms with Crippen LogP contribution in [0.3, 0.4) is 0 Å². The summed E-state index contributed by atoms with van der Waals surface area (Å²) in [5.41, 5.74) is 8.89. The third kappa shape index (κ3) is 8.11. The predicted molar refractivity (Wildman–Crippen MR) is 230 cm³/mol. The first-order chi connectivity index (χ1) is 29.4. The lowest BCUT2D eigenvalue weighted by molar-refractivity contribution is -0.136. The summed E-state index contributed by atoms with van der Waals surface area (Å²) < 4.78 is 9.61. The highest BCUT2D eigenvalue weighted by molar-refractivity contribution is 5.87. The molecular formula is C46H59N9O6. The second-order valence-corrected chi connectivity index (χ2v) is 17.9. The van der Waals surface area contributed by atoms with Gasteiger partial charge >= 0.3 is 12.2 Å². The maximum absolute atomic E-state index is 13.8. The van der Waals surface area contributed by atoms with E-state index in [1.165, 1.54) is 30.9 Å². The van der Waals surface area contributed by atoms with Crippen LogP contribution in [0.1, 0.15) is 120 Å². The van der Waals surface area contributed by atoms with Crippen molar-refractivity contribution in [1.82, 2.24) is 45.7 Å². The maximum Gasteiger partial charge on any atom is 0.407 e. The number of fused-ring (bicyclic) bond motifs is 5. The molecule has 2 bridgehead atoms. The summed E-state index contributed by atoms with van der Waals surface area (Å²) in [5.74, 6) is 1.56. The Labute approximate surface area is 357 Å². The van der Waals surface area contributed by atoms with Crippen LogP contribution in [0, 0.1) is 17.8 Å². The van der Waals surface area contributed by atoms with Crippen molar-refractivity contribution in [3.63, 3.8) is 0 Å². The van der Waals surface area contributed by atoms with Crippen LogP contribution in [-0.4, -0.2) is 93.1 Å². The van der Waals surface area contributed by atoms with Crippen LogP contribution in [0.2, 0.25) is 0 Å². The molecule has 7 atom stereocenters. The highest BCUT2D eigenvalue weighted by atomic mass is 16.5. The number of hydrogen-bond donors (Lipinski definition) is 5.